The van der Waals surface area contributed by atoms with Crippen LogP contribution >= 0.6 is 0 Å². The van der Waals surface area contributed by atoms with E-state index >= 15 is 0 Å². The van der Waals surface area contributed by atoms with Crippen molar-refractivity contribution in [2.24, 2.45) is 5.92 Å². The molecule has 0 saturated carbocycles. The van der Waals surface area contributed by atoms with E-state index in [1.807, 2.05) is 13.8 Å². The van der Waals surface area contributed by atoms with Crippen molar-refractivity contribution in [3.63, 3.8) is 0 Å². The number of esters is 2. The van der Waals surface area contributed by atoms with Gasteiger partial charge in [-0.3, -0.25) is 9.59 Å². The van der Waals surface area contributed by atoms with E-state index in [0.29, 0.717) is 11.5 Å². The van der Waals surface area contributed by atoms with Gasteiger partial charge in [0.05, 0.1) is 13.0 Å². The Balaban J connectivity index is 2.78. The van der Waals surface area contributed by atoms with Crippen molar-refractivity contribution >= 4 is 18.0 Å². The van der Waals surface area contributed by atoms with Crippen LogP contribution in [0.3, 0.4) is 0 Å². The Hall–Kier alpha value is -2.30. The van der Waals surface area contributed by atoms with Crippen LogP contribution in [-0.4, -0.2) is 25.7 Å². The number of carbonyl (C=O) groups is 2. The van der Waals surface area contributed by atoms with E-state index in [-0.39, 0.29) is 24.5 Å². The number of ether oxygens (including phenoxy) is 3. The number of benzene rings is 1. The van der Waals surface area contributed by atoms with Crippen molar-refractivity contribution in [1.29, 1.82) is 0 Å². The van der Waals surface area contributed by atoms with Crippen molar-refractivity contribution in [1.82, 2.24) is 0 Å². The summed E-state index contributed by atoms with van der Waals surface area (Å²) < 4.78 is 15.4. The number of rotatable bonds is 7. The Bertz CT molecular complexity index is 548. The molecule has 0 N–H and O–H groups in total. The molecule has 0 amide bonds. The zero-order chi connectivity index (χ0) is 16.5. The lowest BCUT2D eigenvalue weighted by Gasteiger charge is -2.12. The number of carbonyl (C=O) groups excluding carboxylic acids is 2. The first-order chi connectivity index (χ1) is 10.5. The van der Waals surface area contributed by atoms with Gasteiger partial charge in [0.1, 0.15) is 6.61 Å². The number of hydrogen-bond donors (Lipinski definition) is 0. The van der Waals surface area contributed by atoms with Gasteiger partial charge in [-0.2, -0.15) is 0 Å². The molecular weight excluding hydrogens is 284 g/mol. The zero-order valence-electron chi connectivity index (χ0n) is 13.4. The SMILES string of the molecule is CC[C@H](C)C(=O)Oc1ccc(C=CCOC(C)=O)cc1OC. The van der Waals surface area contributed by atoms with E-state index in [1.54, 1.807) is 30.4 Å². The van der Waals surface area contributed by atoms with E-state index < -0.39 is 0 Å². The summed E-state index contributed by atoms with van der Waals surface area (Å²) >= 11 is 0. The first kappa shape index (κ1) is 17.8. The highest BCUT2D eigenvalue weighted by atomic mass is 16.6. The van der Waals surface area contributed by atoms with Gasteiger partial charge in [0.25, 0.3) is 0 Å². The van der Waals surface area contributed by atoms with Crippen molar-refractivity contribution in [3.05, 3.63) is 29.8 Å². The minimum atomic E-state index is -0.325. The molecule has 0 aliphatic carbocycles. The van der Waals surface area contributed by atoms with Crippen LogP contribution in [0.2, 0.25) is 0 Å². The van der Waals surface area contributed by atoms with Crippen molar-refractivity contribution in [3.8, 4) is 11.5 Å². The highest BCUT2D eigenvalue weighted by Gasteiger charge is 2.15. The molecule has 1 rings (SSSR count). The predicted octanol–water partition coefficient (Wildman–Crippen LogP) is 3.22. The molecule has 1 atom stereocenters. The summed E-state index contributed by atoms with van der Waals surface area (Å²) in [6.07, 6.45) is 4.24. The van der Waals surface area contributed by atoms with Gasteiger partial charge in [0.15, 0.2) is 11.5 Å². The summed E-state index contributed by atoms with van der Waals surface area (Å²) in [7, 11) is 1.52. The first-order valence-electron chi connectivity index (χ1n) is 7.17. The molecule has 0 heterocycles. The van der Waals surface area contributed by atoms with Crippen LogP contribution in [0, 0.1) is 5.92 Å². The molecule has 5 heteroatoms. The van der Waals surface area contributed by atoms with E-state index in [9.17, 15) is 9.59 Å². The van der Waals surface area contributed by atoms with Crippen LogP contribution in [0.4, 0.5) is 0 Å². The summed E-state index contributed by atoms with van der Waals surface area (Å²) in [5.74, 6) is 0.109. The maximum absolute atomic E-state index is 11.8. The highest BCUT2D eigenvalue weighted by Crippen LogP contribution is 2.29. The third-order valence-corrected chi connectivity index (χ3v) is 3.11. The average Bonchev–Trinajstić information content (AvgIpc) is 2.51. The summed E-state index contributed by atoms with van der Waals surface area (Å²) in [5, 5.41) is 0. The molecule has 0 fully saturated rings. The Morgan fingerprint density at radius 3 is 2.59 bits per heavy atom. The Labute approximate surface area is 130 Å². The Kier molecular flexibility index (Phi) is 7.16. The Morgan fingerprint density at radius 2 is 2.00 bits per heavy atom. The van der Waals surface area contributed by atoms with E-state index in [2.05, 4.69) is 0 Å². The molecule has 120 valence electrons. The fraction of sp³-hybridized carbons (Fsp3) is 0.412. The minimum absolute atomic E-state index is 0.159. The molecule has 0 unspecified atom stereocenters. The molecule has 1 aromatic carbocycles. The highest BCUT2D eigenvalue weighted by molar-refractivity contribution is 5.75. The molecule has 0 saturated heterocycles. The van der Waals surface area contributed by atoms with E-state index in [0.717, 1.165) is 12.0 Å². The van der Waals surface area contributed by atoms with Crippen LogP contribution in [0.1, 0.15) is 32.8 Å². The van der Waals surface area contributed by atoms with Gasteiger partial charge in [0, 0.05) is 6.92 Å². The van der Waals surface area contributed by atoms with Gasteiger partial charge in [-0.05, 0) is 30.2 Å². The minimum Gasteiger partial charge on any atom is -0.493 e. The van der Waals surface area contributed by atoms with Gasteiger partial charge < -0.3 is 14.2 Å². The second-order valence-electron chi connectivity index (χ2n) is 4.85. The first-order valence-corrected chi connectivity index (χ1v) is 7.17. The second kappa shape index (κ2) is 8.87. The molecule has 5 nitrogen and oxygen atoms in total. The predicted molar refractivity (Wildman–Crippen MR) is 83.8 cm³/mol. The summed E-state index contributed by atoms with van der Waals surface area (Å²) in [6, 6.07) is 5.24. The Morgan fingerprint density at radius 1 is 1.27 bits per heavy atom. The van der Waals surface area contributed by atoms with Gasteiger partial charge in [-0.25, -0.2) is 0 Å². The van der Waals surface area contributed by atoms with Crippen LogP contribution in [0.5, 0.6) is 11.5 Å². The monoisotopic (exact) mass is 306 g/mol. The van der Waals surface area contributed by atoms with Crippen LogP contribution in [0.15, 0.2) is 24.3 Å². The molecule has 0 aliphatic heterocycles. The molecule has 0 bridgehead atoms. The maximum atomic E-state index is 11.8. The quantitative estimate of drug-likeness (QED) is 0.572. The molecule has 0 aliphatic rings. The standard InChI is InChI=1S/C17H22O5/c1-5-12(2)17(19)22-15-9-8-14(11-16(15)20-4)7-6-10-21-13(3)18/h6-9,11-12H,5,10H2,1-4H3/t12-/m0/s1. The number of methoxy groups -OCH3 is 1. The molecule has 22 heavy (non-hydrogen) atoms. The molecular formula is C17H22O5. The summed E-state index contributed by atoms with van der Waals surface area (Å²) in [4.78, 5) is 22.5. The lowest BCUT2D eigenvalue weighted by atomic mass is 10.1. The van der Waals surface area contributed by atoms with Crippen molar-refractivity contribution < 1.29 is 23.8 Å². The molecule has 0 spiro atoms. The zero-order valence-corrected chi connectivity index (χ0v) is 13.4. The lowest BCUT2D eigenvalue weighted by Crippen LogP contribution is -2.17. The smallest absolute Gasteiger partial charge is 0.314 e. The maximum Gasteiger partial charge on any atom is 0.314 e. The normalized spacial score (nSPS) is 12.0. The molecule has 0 radical (unpaired) electrons. The van der Waals surface area contributed by atoms with Crippen molar-refractivity contribution in [2.75, 3.05) is 13.7 Å². The second-order valence-corrected chi connectivity index (χ2v) is 4.85. The van der Waals surface area contributed by atoms with Crippen molar-refractivity contribution in [2.45, 2.75) is 27.2 Å². The van der Waals surface area contributed by atoms with Crippen LogP contribution in [-0.2, 0) is 14.3 Å². The summed E-state index contributed by atoms with van der Waals surface area (Å²) in [5.41, 5.74) is 0.854. The third-order valence-electron chi connectivity index (χ3n) is 3.11. The average molecular weight is 306 g/mol. The topological polar surface area (TPSA) is 61.8 Å². The fourth-order valence-electron chi connectivity index (χ4n) is 1.60. The van der Waals surface area contributed by atoms with Crippen LogP contribution < -0.4 is 9.47 Å². The molecule has 0 aromatic heterocycles. The fourth-order valence-corrected chi connectivity index (χ4v) is 1.60. The largest absolute Gasteiger partial charge is 0.493 e. The van der Waals surface area contributed by atoms with Crippen LogP contribution in [0.25, 0.3) is 6.08 Å². The summed E-state index contributed by atoms with van der Waals surface area (Å²) in [6.45, 7) is 5.32. The van der Waals surface area contributed by atoms with Gasteiger partial charge >= 0.3 is 11.9 Å². The number of hydrogen-bond acceptors (Lipinski definition) is 5. The van der Waals surface area contributed by atoms with E-state index in [4.69, 9.17) is 14.2 Å². The third kappa shape index (κ3) is 5.60. The van der Waals surface area contributed by atoms with Gasteiger partial charge in [-0.1, -0.05) is 26.0 Å². The molecule has 1 aromatic rings. The van der Waals surface area contributed by atoms with Gasteiger partial charge in [-0.15, -0.1) is 0 Å². The lowest BCUT2D eigenvalue weighted by molar-refractivity contribution is -0.140. The van der Waals surface area contributed by atoms with E-state index in [1.165, 1.54) is 14.0 Å². The van der Waals surface area contributed by atoms with Gasteiger partial charge in [0.2, 0.25) is 0 Å².